The molecule has 0 amide bonds. The molecule has 2 fully saturated rings. The first-order chi connectivity index (χ1) is 17.3. The number of benzene rings is 3. The molecule has 0 spiro atoms. The van der Waals surface area contributed by atoms with Crippen LogP contribution in [0.3, 0.4) is 0 Å². The maximum absolute atomic E-state index is 12.6. The van der Waals surface area contributed by atoms with Crippen LogP contribution in [0, 0.1) is 0 Å². The van der Waals surface area contributed by atoms with Crippen molar-refractivity contribution in [2.24, 2.45) is 0 Å². The lowest BCUT2D eigenvalue weighted by Gasteiger charge is -2.32. The lowest BCUT2D eigenvalue weighted by atomic mass is 10.0. The molecule has 6 heteroatoms. The number of fused-ring (bicyclic) bond motifs is 1. The highest BCUT2D eigenvalue weighted by Gasteiger charge is 2.53. The summed E-state index contributed by atoms with van der Waals surface area (Å²) in [7, 11) is 0. The molecule has 0 aliphatic carbocycles. The molecule has 35 heavy (non-hydrogen) atoms. The molecule has 0 N–H and O–H groups in total. The number of ether oxygens (including phenoxy) is 5. The summed E-state index contributed by atoms with van der Waals surface area (Å²) >= 11 is 0. The van der Waals surface area contributed by atoms with Gasteiger partial charge in [-0.1, -0.05) is 91.0 Å². The molecule has 2 aliphatic rings. The molecular weight excluding hydrogens is 444 g/mol. The van der Waals surface area contributed by atoms with E-state index in [1.165, 1.54) is 0 Å². The minimum Gasteiger partial charge on any atom is -0.433 e. The third kappa shape index (κ3) is 6.55. The summed E-state index contributed by atoms with van der Waals surface area (Å²) < 4.78 is 30.8. The summed E-state index contributed by atoms with van der Waals surface area (Å²) in [6.07, 6.45) is -1.45. The Balaban J connectivity index is 1.39. The Morgan fingerprint density at radius 2 is 1.14 bits per heavy atom. The highest BCUT2D eigenvalue weighted by Crippen LogP contribution is 2.37. The minimum absolute atomic E-state index is 0.0565. The van der Waals surface area contributed by atoms with Gasteiger partial charge in [0.2, 0.25) is 6.29 Å². The van der Waals surface area contributed by atoms with E-state index in [-0.39, 0.29) is 31.2 Å². The number of carbonyl (C=O) groups is 1. The van der Waals surface area contributed by atoms with Gasteiger partial charge in [-0.3, -0.25) is 4.79 Å². The second kappa shape index (κ2) is 11.6. The van der Waals surface area contributed by atoms with E-state index >= 15 is 0 Å². The van der Waals surface area contributed by atoms with Crippen LogP contribution in [0.15, 0.2) is 91.0 Å². The fourth-order valence-corrected chi connectivity index (χ4v) is 4.31. The standard InChI is InChI=1S/C29H30O6/c30-25-17-16-24-26(34-24)27(31-18-21-10-4-1-5-11-21)28(32-19-22-12-6-2-7-13-22)29(35-25)33-20-23-14-8-3-9-15-23/h1-15,24,26-29H,16-20H2/t24-,26-,27+,28-,29-/m1/s1. The number of hydrogen-bond acceptors (Lipinski definition) is 6. The van der Waals surface area contributed by atoms with Crippen molar-refractivity contribution in [3.63, 3.8) is 0 Å². The van der Waals surface area contributed by atoms with Gasteiger partial charge in [0.25, 0.3) is 0 Å². The first kappa shape index (κ1) is 23.7. The molecule has 5 rings (SSSR count). The lowest BCUT2D eigenvalue weighted by Crippen LogP contribution is -2.47. The predicted molar refractivity (Wildman–Crippen MR) is 129 cm³/mol. The van der Waals surface area contributed by atoms with Crippen LogP contribution in [0.1, 0.15) is 29.5 Å². The Morgan fingerprint density at radius 3 is 1.69 bits per heavy atom. The number of hydrogen-bond donors (Lipinski definition) is 0. The zero-order valence-electron chi connectivity index (χ0n) is 19.5. The first-order valence-corrected chi connectivity index (χ1v) is 12.1. The van der Waals surface area contributed by atoms with E-state index in [0.29, 0.717) is 19.6 Å². The minimum atomic E-state index is -0.935. The zero-order valence-corrected chi connectivity index (χ0v) is 19.5. The Kier molecular flexibility index (Phi) is 7.85. The van der Waals surface area contributed by atoms with Gasteiger partial charge in [-0.15, -0.1) is 0 Å². The van der Waals surface area contributed by atoms with Gasteiger partial charge in [-0.25, -0.2) is 0 Å². The van der Waals surface area contributed by atoms with E-state index in [4.69, 9.17) is 23.7 Å². The first-order valence-electron chi connectivity index (χ1n) is 12.1. The van der Waals surface area contributed by atoms with Gasteiger partial charge < -0.3 is 23.7 Å². The summed E-state index contributed by atoms with van der Waals surface area (Å²) in [4.78, 5) is 12.6. The fourth-order valence-electron chi connectivity index (χ4n) is 4.31. The van der Waals surface area contributed by atoms with Gasteiger partial charge in [-0.05, 0) is 23.1 Å². The van der Waals surface area contributed by atoms with Crippen LogP contribution >= 0.6 is 0 Å². The van der Waals surface area contributed by atoms with Crippen molar-refractivity contribution in [1.29, 1.82) is 0 Å². The van der Waals surface area contributed by atoms with Crippen molar-refractivity contribution in [1.82, 2.24) is 0 Å². The predicted octanol–water partition coefficient (Wildman–Crippen LogP) is 4.80. The smallest absolute Gasteiger partial charge is 0.308 e. The quantitative estimate of drug-likeness (QED) is 0.328. The van der Waals surface area contributed by atoms with Crippen LogP contribution in [-0.2, 0) is 48.3 Å². The van der Waals surface area contributed by atoms with Crippen LogP contribution in [-0.4, -0.2) is 36.7 Å². The van der Waals surface area contributed by atoms with Crippen molar-refractivity contribution in [2.75, 3.05) is 0 Å². The Hall–Kier alpha value is -3.03. The van der Waals surface area contributed by atoms with Crippen LogP contribution < -0.4 is 0 Å². The van der Waals surface area contributed by atoms with E-state index < -0.39 is 18.5 Å². The van der Waals surface area contributed by atoms with Crippen LogP contribution in [0.25, 0.3) is 0 Å². The van der Waals surface area contributed by atoms with E-state index in [0.717, 1.165) is 16.7 Å². The maximum Gasteiger partial charge on any atom is 0.308 e. The molecule has 0 aromatic heterocycles. The molecule has 3 aromatic rings. The highest BCUT2D eigenvalue weighted by atomic mass is 16.7. The molecular formula is C29H30O6. The summed E-state index contributed by atoms with van der Waals surface area (Å²) in [6.45, 7) is 1.00. The molecule has 0 saturated carbocycles. The molecule has 0 radical (unpaired) electrons. The Labute approximate surface area is 205 Å². The summed E-state index contributed by atoms with van der Waals surface area (Å²) in [5.41, 5.74) is 3.04. The number of epoxide rings is 1. The maximum atomic E-state index is 12.6. The molecule has 0 bridgehead atoms. The third-order valence-electron chi connectivity index (χ3n) is 6.25. The van der Waals surface area contributed by atoms with Gasteiger partial charge in [-0.2, -0.15) is 0 Å². The Bertz CT molecular complexity index is 1060. The van der Waals surface area contributed by atoms with Crippen molar-refractivity contribution in [3.05, 3.63) is 108 Å². The largest absolute Gasteiger partial charge is 0.433 e. The summed E-state index contributed by atoms with van der Waals surface area (Å²) in [6, 6.07) is 29.7. The molecule has 3 aromatic carbocycles. The number of carbonyl (C=O) groups excluding carboxylic acids is 1. The van der Waals surface area contributed by atoms with E-state index in [1.807, 2.05) is 91.0 Å². The van der Waals surface area contributed by atoms with Crippen molar-refractivity contribution in [2.45, 2.75) is 63.4 Å². The number of rotatable bonds is 9. The van der Waals surface area contributed by atoms with E-state index in [2.05, 4.69) is 0 Å². The van der Waals surface area contributed by atoms with E-state index in [1.54, 1.807) is 0 Å². The van der Waals surface area contributed by atoms with Crippen LogP contribution in [0.2, 0.25) is 0 Å². The average molecular weight is 475 g/mol. The highest BCUT2D eigenvalue weighted by molar-refractivity contribution is 5.69. The van der Waals surface area contributed by atoms with Gasteiger partial charge in [0.1, 0.15) is 18.3 Å². The van der Waals surface area contributed by atoms with E-state index in [9.17, 15) is 4.79 Å². The van der Waals surface area contributed by atoms with Gasteiger partial charge >= 0.3 is 5.97 Å². The normalized spacial score (nSPS) is 26.1. The van der Waals surface area contributed by atoms with Crippen molar-refractivity contribution < 1.29 is 28.5 Å². The third-order valence-corrected chi connectivity index (χ3v) is 6.25. The second-order valence-corrected chi connectivity index (χ2v) is 8.86. The molecule has 2 aliphatic heterocycles. The molecule has 6 nitrogen and oxygen atoms in total. The molecule has 2 saturated heterocycles. The topological polar surface area (TPSA) is 66.5 Å². The van der Waals surface area contributed by atoms with Gasteiger partial charge in [0.15, 0.2) is 0 Å². The van der Waals surface area contributed by atoms with Crippen LogP contribution in [0.5, 0.6) is 0 Å². The van der Waals surface area contributed by atoms with Crippen molar-refractivity contribution >= 4 is 5.97 Å². The zero-order chi connectivity index (χ0) is 23.9. The Morgan fingerprint density at radius 1 is 0.657 bits per heavy atom. The van der Waals surface area contributed by atoms with Gasteiger partial charge in [0.05, 0.1) is 25.9 Å². The lowest BCUT2D eigenvalue weighted by molar-refractivity contribution is -0.241. The molecule has 5 atom stereocenters. The van der Waals surface area contributed by atoms with Crippen LogP contribution in [0.4, 0.5) is 0 Å². The second-order valence-electron chi connectivity index (χ2n) is 8.86. The molecule has 2 heterocycles. The summed E-state index contributed by atoms with van der Waals surface area (Å²) in [5, 5.41) is 0. The molecule has 0 unspecified atom stereocenters. The monoisotopic (exact) mass is 474 g/mol. The fraction of sp³-hybridized carbons (Fsp3) is 0.345. The average Bonchev–Trinajstić information content (AvgIpc) is 3.67. The SMILES string of the molecule is O=C1CC[C@H]2O[C@H]2[C@H](OCc2ccccc2)[C@@H](OCc2ccccc2)[C@H](OCc2ccccc2)O1. The van der Waals surface area contributed by atoms with Crippen molar-refractivity contribution in [3.8, 4) is 0 Å². The molecule has 182 valence electrons. The summed E-state index contributed by atoms with van der Waals surface area (Å²) in [5.74, 6) is -0.325. The number of cyclic esters (lactones) is 1. The van der Waals surface area contributed by atoms with Gasteiger partial charge in [0, 0.05) is 6.42 Å². The number of esters is 1.